The van der Waals surface area contributed by atoms with E-state index >= 15 is 0 Å². The van der Waals surface area contributed by atoms with E-state index in [4.69, 9.17) is 0 Å². The second-order valence-corrected chi connectivity index (χ2v) is 2.53. The molecule has 0 heteroatoms. The highest BCUT2D eigenvalue weighted by Gasteiger charge is 2.01. The fraction of sp³-hybridized carbons (Fsp3) is 0.600. The molecular weight excluding hydrogens is 120 g/mol. The monoisotopic (exact) mass is 138 g/mol. The van der Waals surface area contributed by atoms with E-state index in [1.807, 2.05) is 13.8 Å². The minimum atomic E-state index is 0.741. The maximum atomic E-state index is 2.23. The summed E-state index contributed by atoms with van der Waals surface area (Å²) < 4.78 is 0. The topological polar surface area (TPSA) is 0 Å². The van der Waals surface area contributed by atoms with Crippen LogP contribution in [-0.4, -0.2) is 0 Å². The number of hydrogen-bond acceptors (Lipinski definition) is 0. The highest BCUT2D eigenvalue weighted by molar-refractivity contribution is 5.23. The van der Waals surface area contributed by atoms with Gasteiger partial charge < -0.3 is 0 Å². The van der Waals surface area contributed by atoms with E-state index in [0.29, 0.717) is 0 Å². The summed E-state index contributed by atoms with van der Waals surface area (Å²) in [5, 5.41) is 0. The van der Waals surface area contributed by atoms with Crippen molar-refractivity contribution in [3.05, 3.63) is 23.8 Å². The SMILES string of the molecule is CC.CC(C)C1=CC=CC1. The summed E-state index contributed by atoms with van der Waals surface area (Å²) in [5.41, 5.74) is 1.56. The Morgan fingerprint density at radius 3 is 2.10 bits per heavy atom. The predicted molar refractivity (Wildman–Crippen MR) is 48.0 cm³/mol. The summed E-state index contributed by atoms with van der Waals surface area (Å²) in [6.07, 6.45) is 7.73. The predicted octanol–water partition coefficient (Wildman–Crippen LogP) is 3.55. The molecule has 0 nitrogen and oxygen atoms in total. The fourth-order valence-electron chi connectivity index (χ4n) is 0.892. The Labute approximate surface area is 64.6 Å². The lowest BCUT2D eigenvalue weighted by Gasteiger charge is -2.02. The second kappa shape index (κ2) is 5.28. The van der Waals surface area contributed by atoms with Crippen molar-refractivity contribution >= 4 is 0 Å². The molecule has 0 N–H and O–H groups in total. The van der Waals surface area contributed by atoms with Crippen molar-refractivity contribution in [2.45, 2.75) is 34.1 Å². The minimum Gasteiger partial charge on any atom is -0.0805 e. The van der Waals surface area contributed by atoms with Gasteiger partial charge in [0.25, 0.3) is 0 Å². The van der Waals surface area contributed by atoms with Crippen LogP contribution in [-0.2, 0) is 0 Å². The van der Waals surface area contributed by atoms with Crippen LogP contribution in [0, 0.1) is 5.92 Å². The maximum absolute atomic E-state index is 2.23. The molecule has 0 bridgehead atoms. The Morgan fingerprint density at radius 1 is 1.30 bits per heavy atom. The van der Waals surface area contributed by atoms with E-state index in [2.05, 4.69) is 32.1 Å². The molecule has 1 rings (SSSR count). The first-order valence-corrected chi connectivity index (χ1v) is 4.16. The summed E-state index contributed by atoms with van der Waals surface area (Å²) in [4.78, 5) is 0. The Morgan fingerprint density at radius 2 is 1.90 bits per heavy atom. The average molecular weight is 138 g/mol. The van der Waals surface area contributed by atoms with E-state index in [9.17, 15) is 0 Å². The lowest BCUT2D eigenvalue weighted by molar-refractivity contribution is 0.753. The van der Waals surface area contributed by atoms with Crippen LogP contribution in [0.25, 0.3) is 0 Å². The third-order valence-corrected chi connectivity index (χ3v) is 1.54. The van der Waals surface area contributed by atoms with Gasteiger partial charge in [-0.15, -0.1) is 0 Å². The van der Waals surface area contributed by atoms with Crippen molar-refractivity contribution in [1.29, 1.82) is 0 Å². The van der Waals surface area contributed by atoms with Gasteiger partial charge in [0.15, 0.2) is 0 Å². The first kappa shape index (κ1) is 9.48. The molecule has 0 aromatic carbocycles. The molecule has 0 unspecified atom stereocenters. The van der Waals surface area contributed by atoms with Crippen LogP contribution >= 0.6 is 0 Å². The van der Waals surface area contributed by atoms with Gasteiger partial charge in [0.05, 0.1) is 0 Å². The Hall–Kier alpha value is -0.520. The van der Waals surface area contributed by atoms with E-state index < -0.39 is 0 Å². The van der Waals surface area contributed by atoms with Gasteiger partial charge in [0.2, 0.25) is 0 Å². The molecule has 0 saturated heterocycles. The summed E-state index contributed by atoms with van der Waals surface area (Å²) in [7, 11) is 0. The zero-order valence-corrected chi connectivity index (χ0v) is 7.52. The van der Waals surface area contributed by atoms with E-state index in [-0.39, 0.29) is 0 Å². The third kappa shape index (κ3) is 2.86. The molecule has 0 fully saturated rings. The molecule has 0 heterocycles. The first-order chi connectivity index (χ1) is 4.80. The minimum absolute atomic E-state index is 0.741. The lowest BCUT2D eigenvalue weighted by Crippen LogP contribution is -1.88. The molecule has 0 amide bonds. The quantitative estimate of drug-likeness (QED) is 0.519. The molecule has 0 aliphatic heterocycles. The van der Waals surface area contributed by atoms with E-state index in [0.717, 1.165) is 5.92 Å². The van der Waals surface area contributed by atoms with Gasteiger partial charge >= 0.3 is 0 Å². The average Bonchev–Trinajstić information content (AvgIpc) is 2.42. The standard InChI is InChI=1S/C8H12.C2H6/c1-7(2)8-5-3-4-6-8;1-2/h3-5,7H,6H2,1-2H3;1-2H3. The van der Waals surface area contributed by atoms with Crippen molar-refractivity contribution in [3.63, 3.8) is 0 Å². The molecule has 10 heavy (non-hydrogen) atoms. The smallest absolute Gasteiger partial charge is 0.0130 e. The zero-order valence-electron chi connectivity index (χ0n) is 7.52. The van der Waals surface area contributed by atoms with Gasteiger partial charge in [-0.25, -0.2) is 0 Å². The molecule has 0 radical (unpaired) electrons. The molecule has 0 saturated carbocycles. The Balaban J connectivity index is 0.000000371. The lowest BCUT2D eigenvalue weighted by atomic mass is 10.0. The van der Waals surface area contributed by atoms with Crippen LogP contribution < -0.4 is 0 Å². The van der Waals surface area contributed by atoms with Crippen molar-refractivity contribution in [2.24, 2.45) is 5.92 Å². The summed E-state index contributed by atoms with van der Waals surface area (Å²) in [6, 6.07) is 0. The molecular formula is C10H18. The van der Waals surface area contributed by atoms with Crippen LogP contribution in [0.4, 0.5) is 0 Å². The van der Waals surface area contributed by atoms with Crippen LogP contribution in [0.3, 0.4) is 0 Å². The summed E-state index contributed by atoms with van der Waals surface area (Å²) >= 11 is 0. The van der Waals surface area contributed by atoms with E-state index in [1.54, 1.807) is 5.57 Å². The molecule has 0 aromatic rings. The fourth-order valence-corrected chi connectivity index (χ4v) is 0.892. The van der Waals surface area contributed by atoms with Crippen molar-refractivity contribution < 1.29 is 0 Å². The number of hydrogen-bond donors (Lipinski definition) is 0. The highest BCUT2D eigenvalue weighted by atomic mass is 14.1. The van der Waals surface area contributed by atoms with Gasteiger partial charge in [-0.3, -0.25) is 0 Å². The third-order valence-electron chi connectivity index (χ3n) is 1.54. The molecule has 0 spiro atoms. The molecule has 58 valence electrons. The van der Waals surface area contributed by atoms with Gasteiger partial charge in [-0.1, -0.05) is 51.5 Å². The normalized spacial score (nSPS) is 14.7. The molecule has 1 aliphatic rings. The van der Waals surface area contributed by atoms with Crippen molar-refractivity contribution in [2.75, 3.05) is 0 Å². The Kier molecular flexibility index (Phi) is 5.00. The zero-order chi connectivity index (χ0) is 7.98. The van der Waals surface area contributed by atoms with Gasteiger partial charge in [-0.05, 0) is 12.3 Å². The van der Waals surface area contributed by atoms with Crippen LogP contribution in [0.5, 0.6) is 0 Å². The highest BCUT2D eigenvalue weighted by Crippen LogP contribution is 2.18. The molecule has 0 aromatic heterocycles. The number of rotatable bonds is 1. The number of allylic oxidation sites excluding steroid dienone is 4. The largest absolute Gasteiger partial charge is 0.0805 e. The van der Waals surface area contributed by atoms with Crippen LogP contribution in [0.15, 0.2) is 23.8 Å². The maximum Gasteiger partial charge on any atom is -0.0130 e. The van der Waals surface area contributed by atoms with Gasteiger partial charge in [0, 0.05) is 0 Å². The van der Waals surface area contributed by atoms with E-state index in [1.165, 1.54) is 6.42 Å². The molecule has 1 aliphatic carbocycles. The summed E-state index contributed by atoms with van der Waals surface area (Å²) in [6.45, 7) is 8.47. The second-order valence-electron chi connectivity index (χ2n) is 2.53. The van der Waals surface area contributed by atoms with Gasteiger partial charge in [0.1, 0.15) is 0 Å². The Bertz CT molecular complexity index is 127. The summed E-state index contributed by atoms with van der Waals surface area (Å²) in [5.74, 6) is 0.741. The van der Waals surface area contributed by atoms with Crippen LogP contribution in [0.2, 0.25) is 0 Å². The molecule has 0 atom stereocenters. The van der Waals surface area contributed by atoms with Gasteiger partial charge in [-0.2, -0.15) is 0 Å². The first-order valence-electron chi connectivity index (χ1n) is 4.16. The van der Waals surface area contributed by atoms with Crippen LogP contribution in [0.1, 0.15) is 34.1 Å². The van der Waals surface area contributed by atoms with Crippen molar-refractivity contribution in [1.82, 2.24) is 0 Å². The van der Waals surface area contributed by atoms with Crippen molar-refractivity contribution in [3.8, 4) is 0 Å².